The van der Waals surface area contributed by atoms with Crippen molar-refractivity contribution in [3.8, 4) is 0 Å². The van der Waals surface area contributed by atoms with E-state index in [1.807, 2.05) is 6.92 Å². The second-order valence-electron chi connectivity index (χ2n) is 4.53. The minimum Gasteiger partial charge on any atom is -0.303 e. The van der Waals surface area contributed by atoms with Gasteiger partial charge in [0.1, 0.15) is 0 Å². The smallest absolute Gasteiger partial charge is 0.303 e. The molecule has 0 amide bonds. The molecule has 0 aliphatic carbocycles. The van der Waals surface area contributed by atoms with E-state index in [4.69, 9.17) is 24.1 Å². The van der Waals surface area contributed by atoms with E-state index in [9.17, 15) is 9.13 Å². The number of phosphoric acid groups is 2. The molecule has 0 aromatic carbocycles. The van der Waals surface area contributed by atoms with Crippen LogP contribution in [0.15, 0.2) is 0 Å². The molecule has 0 rings (SSSR count). The van der Waals surface area contributed by atoms with Crippen LogP contribution < -0.4 is 0 Å². The fourth-order valence-corrected chi connectivity index (χ4v) is 2.68. The van der Waals surface area contributed by atoms with Crippen molar-refractivity contribution in [2.45, 2.75) is 58.0 Å². The van der Waals surface area contributed by atoms with Crippen molar-refractivity contribution in [2.75, 3.05) is 6.61 Å². The Morgan fingerprint density at radius 1 is 0.900 bits per heavy atom. The van der Waals surface area contributed by atoms with Crippen LogP contribution in [0, 0.1) is 0 Å². The Kier molecular flexibility index (Phi) is 10.1. The van der Waals surface area contributed by atoms with Crippen LogP contribution in [0.3, 0.4) is 0 Å². The van der Waals surface area contributed by atoms with Crippen LogP contribution in [0.1, 0.15) is 51.9 Å². The Morgan fingerprint density at radius 3 is 2.00 bits per heavy atom. The number of hydrogen-bond donors (Lipinski definition) is 4. The van der Waals surface area contributed by atoms with Crippen LogP contribution >= 0.6 is 15.6 Å². The number of hydrogen-bond acceptors (Lipinski definition) is 4. The standard InChI is InChI=1S/C10H24O8P2/c1-2-3-7-10(18-20(14,15)16)8-5-4-6-9-17-19(11,12)13/h10H,2-9H2,1H3,(H2,11,12,13)(H2,14,15,16). The number of unbranched alkanes of at least 4 members (excludes halogenated alkanes) is 3. The molecule has 122 valence electrons. The summed E-state index contributed by atoms with van der Waals surface area (Å²) in [6, 6.07) is 0. The van der Waals surface area contributed by atoms with Gasteiger partial charge in [-0.1, -0.05) is 32.6 Å². The van der Waals surface area contributed by atoms with Crippen molar-refractivity contribution in [2.24, 2.45) is 0 Å². The largest absolute Gasteiger partial charge is 0.469 e. The first kappa shape index (κ1) is 20.2. The van der Waals surface area contributed by atoms with Gasteiger partial charge in [-0.25, -0.2) is 9.13 Å². The molecule has 0 fully saturated rings. The highest BCUT2D eigenvalue weighted by molar-refractivity contribution is 7.46. The molecule has 0 saturated heterocycles. The first-order chi connectivity index (χ1) is 9.14. The fraction of sp³-hybridized carbons (Fsp3) is 1.00. The van der Waals surface area contributed by atoms with E-state index in [0.717, 1.165) is 12.8 Å². The van der Waals surface area contributed by atoms with Crippen molar-refractivity contribution in [3.63, 3.8) is 0 Å². The van der Waals surface area contributed by atoms with E-state index < -0.39 is 21.7 Å². The summed E-state index contributed by atoms with van der Waals surface area (Å²) < 4.78 is 30.2. The highest BCUT2D eigenvalue weighted by Gasteiger charge is 2.21. The van der Waals surface area contributed by atoms with E-state index >= 15 is 0 Å². The first-order valence-corrected chi connectivity index (χ1v) is 9.64. The lowest BCUT2D eigenvalue weighted by molar-refractivity contribution is 0.115. The third kappa shape index (κ3) is 14.6. The van der Waals surface area contributed by atoms with Crippen molar-refractivity contribution >= 4 is 15.6 Å². The number of rotatable bonds is 12. The molecule has 4 N–H and O–H groups in total. The maximum absolute atomic E-state index is 10.8. The Hall–Kier alpha value is 0.220. The normalized spacial score (nSPS) is 14.4. The van der Waals surface area contributed by atoms with Gasteiger partial charge in [0.05, 0.1) is 12.7 Å². The van der Waals surface area contributed by atoms with Crippen LogP contribution in [0.2, 0.25) is 0 Å². The summed E-state index contributed by atoms with van der Waals surface area (Å²) in [5, 5.41) is 0. The minimum atomic E-state index is -4.47. The molecule has 20 heavy (non-hydrogen) atoms. The molecule has 0 aromatic heterocycles. The zero-order valence-electron chi connectivity index (χ0n) is 11.6. The second-order valence-corrected chi connectivity index (χ2v) is 6.96. The van der Waals surface area contributed by atoms with E-state index in [2.05, 4.69) is 4.52 Å². The van der Waals surface area contributed by atoms with Crippen molar-refractivity contribution in [1.82, 2.24) is 0 Å². The molecule has 0 saturated carbocycles. The molecular formula is C10H24O8P2. The van der Waals surface area contributed by atoms with Crippen molar-refractivity contribution in [3.05, 3.63) is 0 Å². The summed E-state index contributed by atoms with van der Waals surface area (Å²) in [6.07, 6.45) is 4.11. The summed E-state index contributed by atoms with van der Waals surface area (Å²) in [4.78, 5) is 34.5. The highest BCUT2D eigenvalue weighted by atomic mass is 31.2. The maximum atomic E-state index is 10.8. The lowest BCUT2D eigenvalue weighted by atomic mass is 10.1. The molecule has 1 unspecified atom stereocenters. The van der Waals surface area contributed by atoms with Gasteiger partial charge in [0.15, 0.2) is 0 Å². The quantitative estimate of drug-likeness (QED) is 0.316. The Bertz CT molecular complexity index is 336. The third-order valence-corrected chi connectivity index (χ3v) is 3.69. The van der Waals surface area contributed by atoms with Gasteiger partial charge >= 0.3 is 15.6 Å². The molecule has 0 bridgehead atoms. The van der Waals surface area contributed by atoms with Crippen LogP contribution in [0.4, 0.5) is 0 Å². The molecule has 0 spiro atoms. The van der Waals surface area contributed by atoms with Gasteiger partial charge in [0.2, 0.25) is 0 Å². The minimum absolute atomic E-state index is 0.0384. The SMILES string of the molecule is CCCCC(CCCCCOP(=O)(O)O)OP(=O)(O)O. The van der Waals surface area contributed by atoms with Gasteiger partial charge in [0.25, 0.3) is 0 Å². The fourth-order valence-electron chi connectivity index (χ4n) is 1.71. The molecule has 1 atom stereocenters. The predicted molar refractivity (Wildman–Crippen MR) is 72.9 cm³/mol. The monoisotopic (exact) mass is 334 g/mol. The predicted octanol–water partition coefficient (Wildman–Crippen LogP) is 2.32. The maximum Gasteiger partial charge on any atom is 0.469 e. The third-order valence-electron chi connectivity index (χ3n) is 2.60. The zero-order chi connectivity index (χ0) is 15.6. The average molecular weight is 334 g/mol. The lowest BCUT2D eigenvalue weighted by Crippen LogP contribution is -2.11. The molecule has 0 aliphatic rings. The van der Waals surface area contributed by atoms with Crippen LogP contribution in [0.25, 0.3) is 0 Å². The highest BCUT2D eigenvalue weighted by Crippen LogP contribution is 2.40. The van der Waals surface area contributed by atoms with Crippen LogP contribution in [-0.4, -0.2) is 32.3 Å². The van der Waals surface area contributed by atoms with E-state index in [0.29, 0.717) is 32.1 Å². The van der Waals surface area contributed by atoms with Gasteiger partial charge in [0, 0.05) is 0 Å². The molecule has 0 aromatic rings. The molecule has 0 aliphatic heterocycles. The molecule has 0 heterocycles. The average Bonchev–Trinajstić information content (AvgIpc) is 2.27. The molecule has 8 nitrogen and oxygen atoms in total. The summed E-state index contributed by atoms with van der Waals surface area (Å²) >= 11 is 0. The van der Waals surface area contributed by atoms with Crippen LogP contribution in [-0.2, 0) is 18.2 Å². The first-order valence-electron chi connectivity index (χ1n) is 6.58. The Morgan fingerprint density at radius 2 is 1.50 bits per heavy atom. The molecule has 10 heteroatoms. The lowest BCUT2D eigenvalue weighted by Gasteiger charge is -2.17. The molecule has 0 radical (unpaired) electrons. The Labute approximate surface area is 119 Å². The summed E-state index contributed by atoms with van der Waals surface area (Å²) in [7, 11) is -8.88. The van der Waals surface area contributed by atoms with Gasteiger partial charge < -0.3 is 19.6 Å². The van der Waals surface area contributed by atoms with Crippen molar-refractivity contribution in [1.29, 1.82) is 0 Å². The van der Waals surface area contributed by atoms with Gasteiger partial charge in [-0.2, -0.15) is 0 Å². The summed E-state index contributed by atoms with van der Waals surface area (Å²) in [5.74, 6) is 0. The van der Waals surface area contributed by atoms with Gasteiger partial charge in [-0.15, -0.1) is 0 Å². The molecular weight excluding hydrogens is 310 g/mol. The van der Waals surface area contributed by atoms with E-state index in [-0.39, 0.29) is 6.61 Å². The van der Waals surface area contributed by atoms with Crippen molar-refractivity contribution < 1.29 is 37.8 Å². The van der Waals surface area contributed by atoms with E-state index in [1.165, 1.54) is 0 Å². The Balaban J connectivity index is 3.84. The topological polar surface area (TPSA) is 134 Å². The van der Waals surface area contributed by atoms with Gasteiger partial charge in [-0.05, 0) is 19.3 Å². The number of phosphoric ester groups is 2. The van der Waals surface area contributed by atoms with E-state index in [1.54, 1.807) is 0 Å². The second kappa shape index (κ2) is 10.0. The summed E-state index contributed by atoms with van der Waals surface area (Å²) in [5.41, 5.74) is 0. The summed E-state index contributed by atoms with van der Waals surface area (Å²) in [6.45, 7) is 1.94. The zero-order valence-corrected chi connectivity index (χ0v) is 13.3. The van der Waals surface area contributed by atoms with Crippen LogP contribution in [0.5, 0.6) is 0 Å². The van der Waals surface area contributed by atoms with Gasteiger partial charge in [-0.3, -0.25) is 9.05 Å².